The van der Waals surface area contributed by atoms with Crippen molar-refractivity contribution >= 4 is 11.9 Å². The summed E-state index contributed by atoms with van der Waals surface area (Å²) in [6, 6.07) is 14.8. The Morgan fingerprint density at radius 2 is 1.82 bits per heavy atom. The maximum absolute atomic E-state index is 12.3. The van der Waals surface area contributed by atoms with Crippen molar-refractivity contribution in [1.82, 2.24) is 4.90 Å². The maximum Gasteiger partial charge on any atom is 0.310 e. The van der Waals surface area contributed by atoms with E-state index in [4.69, 9.17) is 14.2 Å². The van der Waals surface area contributed by atoms with E-state index in [1.165, 1.54) is 4.90 Å². The number of carbonyl (C=O) groups is 2. The van der Waals surface area contributed by atoms with Crippen LogP contribution in [0.2, 0.25) is 0 Å². The van der Waals surface area contributed by atoms with Gasteiger partial charge in [-0.15, -0.1) is 0 Å². The van der Waals surface area contributed by atoms with E-state index in [1.54, 1.807) is 20.2 Å². The van der Waals surface area contributed by atoms with E-state index in [2.05, 4.69) is 0 Å². The molecule has 2 rings (SSSR count). The van der Waals surface area contributed by atoms with Crippen molar-refractivity contribution in [2.75, 3.05) is 20.8 Å². The molecule has 0 aliphatic rings. The molecule has 0 aliphatic heterocycles. The van der Waals surface area contributed by atoms with Gasteiger partial charge in [-0.3, -0.25) is 9.59 Å². The van der Waals surface area contributed by atoms with Crippen LogP contribution in [0.4, 0.5) is 0 Å². The number of hydrogen-bond acceptors (Lipinski definition) is 5. The van der Waals surface area contributed by atoms with E-state index in [-0.39, 0.29) is 25.0 Å². The minimum atomic E-state index is -0.458. The Kier molecular flexibility index (Phi) is 7.87. The van der Waals surface area contributed by atoms with Crippen molar-refractivity contribution < 1.29 is 23.8 Å². The molecule has 0 saturated carbocycles. The summed E-state index contributed by atoms with van der Waals surface area (Å²) in [4.78, 5) is 25.8. The van der Waals surface area contributed by atoms with Crippen LogP contribution in [-0.4, -0.2) is 43.6 Å². The largest absolute Gasteiger partial charge is 0.496 e. The van der Waals surface area contributed by atoms with E-state index >= 15 is 0 Å². The molecule has 0 N–H and O–H groups in total. The molecule has 6 nitrogen and oxygen atoms in total. The lowest BCUT2D eigenvalue weighted by Crippen LogP contribution is -2.31. The van der Waals surface area contributed by atoms with Crippen LogP contribution in [0.3, 0.4) is 0 Å². The smallest absolute Gasteiger partial charge is 0.310 e. The van der Waals surface area contributed by atoms with Gasteiger partial charge in [-0.25, -0.2) is 0 Å². The van der Waals surface area contributed by atoms with Crippen LogP contribution in [0.5, 0.6) is 11.5 Å². The van der Waals surface area contributed by atoms with Crippen molar-refractivity contribution in [1.29, 1.82) is 0 Å². The molecule has 2 aromatic carbocycles. The molecular weight excluding hydrogens is 358 g/mol. The molecule has 0 unspecified atom stereocenters. The first-order valence-electron chi connectivity index (χ1n) is 9.16. The monoisotopic (exact) mass is 385 g/mol. The summed E-state index contributed by atoms with van der Waals surface area (Å²) >= 11 is 0. The normalized spacial score (nSPS) is 10.5. The van der Waals surface area contributed by atoms with Crippen molar-refractivity contribution in [3.05, 3.63) is 59.7 Å². The Balaban J connectivity index is 1.84. The number of esters is 1. The number of nitrogens with zero attached hydrogens (tertiary/aromatic N) is 1. The Morgan fingerprint density at radius 3 is 2.54 bits per heavy atom. The fraction of sp³-hybridized carbons (Fsp3) is 0.364. The van der Waals surface area contributed by atoms with E-state index < -0.39 is 5.97 Å². The number of methoxy groups -OCH3 is 1. The van der Waals surface area contributed by atoms with E-state index in [1.807, 2.05) is 56.3 Å². The summed E-state index contributed by atoms with van der Waals surface area (Å²) in [6.45, 7) is 3.95. The molecule has 0 radical (unpaired) electrons. The first-order chi connectivity index (χ1) is 13.4. The lowest BCUT2D eigenvalue weighted by Gasteiger charge is -2.18. The zero-order chi connectivity index (χ0) is 20.5. The molecule has 0 saturated heterocycles. The van der Waals surface area contributed by atoms with Crippen LogP contribution in [0.25, 0.3) is 0 Å². The summed E-state index contributed by atoms with van der Waals surface area (Å²) in [5.41, 5.74) is 1.66. The van der Waals surface area contributed by atoms with Gasteiger partial charge in [0, 0.05) is 19.2 Å². The van der Waals surface area contributed by atoms with E-state index in [9.17, 15) is 9.59 Å². The molecule has 0 spiro atoms. The molecule has 0 bridgehead atoms. The van der Waals surface area contributed by atoms with Crippen molar-refractivity contribution in [2.24, 2.45) is 0 Å². The Labute approximate surface area is 166 Å². The van der Waals surface area contributed by atoms with Gasteiger partial charge in [0.15, 0.2) is 6.61 Å². The van der Waals surface area contributed by atoms with Gasteiger partial charge in [-0.05, 0) is 37.6 Å². The SMILES string of the molecule is COc1ccccc1CN(C)C(=O)COC(=O)Cc1cccc(OC(C)C)c1. The molecule has 6 heteroatoms. The summed E-state index contributed by atoms with van der Waals surface area (Å²) < 4.78 is 16.1. The zero-order valence-electron chi connectivity index (χ0n) is 16.8. The van der Waals surface area contributed by atoms with E-state index in [0.717, 1.165) is 11.1 Å². The first kappa shape index (κ1) is 21.3. The molecule has 0 atom stereocenters. The van der Waals surface area contributed by atoms with Gasteiger partial charge >= 0.3 is 5.97 Å². The summed E-state index contributed by atoms with van der Waals surface area (Å²) in [7, 11) is 3.25. The van der Waals surface area contributed by atoms with Gasteiger partial charge in [-0.1, -0.05) is 30.3 Å². The van der Waals surface area contributed by atoms with Crippen molar-refractivity contribution in [2.45, 2.75) is 32.9 Å². The summed E-state index contributed by atoms with van der Waals surface area (Å²) in [5, 5.41) is 0. The minimum absolute atomic E-state index is 0.0543. The van der Waals surface area contributed by atoms with Crippen LogP contribution in [-0.2, 0) is 27.3 Å². The lowest BCUT2D eigenvalue weighted by molar-refractivity contribution is -0.151. The second-order valence-corrected chi connectivity index (χ2v) is 6.71. The average molecular weight is 385 g/mol. The van der Waals surface area contributed by atoms with Gasteiger partial charge in [0.2, 0.25) is 0 Å². The van der Waals surface area contributed by atoms with Gasteiger partial charge in [0.1, 0.15) is 11.5 Å². The third-order valence-electron chi connectivity index (χ3n) is 4.00. The number of para-hydroxylation sites is 1. The predicted octanol–water partition coefficient (Wildman–Crippen LogP) is 3.23. The molecule has 0 aromatic heterocycles. The van der Waals surface area contributed by atoms with Gasteiger partial charge < -0.3 is 19.1 Å². The second-order valence-electron chi connectivity index (χ2n) is 6.71. The second kappa shape index (κ2) is 10.3. The Morgan fingerprint density at radius 1 is 1.07 bits per heavy atom. The standard InChI is InChI=1S/C22H27NO5/c1-16(2)28-19-10-7-8-17(12-19)13-22(25)27-15-21(24)23(3)14-18-9-5-6-11-20(18)26-4/h5-12,16H,13-15H2,1-4H3. The molecule has 0 fully saturated rings. The third kappa shape index (κ3) is 6.61. The van der Waals surface area contributed by atoms with Crippen molar-refractivity contribution in [3.8, 4) is 11.5 Å². The van der Waals surface area contributed by atoms with Crippen LogP contribution < -0.4 is 9.47 Å². The van der Waals surface area contributed by atoms with Gasteiger partial charge in [0.05, 0.1) is 19.6 Å². The van der Waals surface area contributed by atoms with Gasteiger partial charge in [0.25, 0.3) is 5.91 Å². The fourth-order valence-corrected chi connectivity index (χ4v) is 2.65. The van der Waals surface area contributed by atoms with Gasteiger partial charge in [-0.2, -0.15) is 0 Å². The fourth-order valence-electron chi connectivity index (χ4n) is 2.65. The third-order valence-corrected chi connectivity index (χ3v) is 4.00. The number of benzene rings is 2. The minimum Gasteiger partial charge on any atom is -0.496 e. The number of amides is 1. The predicted molar refractivity (Wildman–Crippen MR) is 106 cm³/mol. The highest BCUT2D eigenvalue weighted by atomic mass is 16.5. The van der Waals surface area contributed by atoms with Crippen LogP contribution in [0.1, 0.15) is 25.0 Å². The number of ether oxygens (including phenoxy) is 3. The molecule has 150 valence electrons. The highest BCUT2D eigenvalue weighted by Gasteiger charge is 2.15. The maximum atomic E-state index is 12.3. The van der Waals surface area contributed by atoms with Crippen LogP contribution in [0.15, 0.2) is 48.5 Å². The lowest BCUT2D eigenvalue weighted by atomic mass is 10.1. The first-order valence-corrected chi connectivity index (χ1v) is 9.16. The van der Waals surface area contributed by atoms with Crippen LogP contribution >= 0.6 is 0 Å². The molecule has 0 aliphatic carbocycles. The molecule has 1 amide bonds. The molecule has 2 aromatic rings. The molecule has 0 heterocycles. The molecular formula is C22H27NO5. The highest BCUT2D eigenvalue weighted by molar-refractivity contribution is 5.81. The number of hydrogen-bond donors (Lipinski definition) is 0. The quantitative estimate of drug-likeness (QED) is 0.620. The molecule has 28 heavy (non-hydrogen) atoms. The Bertz CT molecular complexity index is 803. The van der Waals surface area contributed by atoms with E-state index in [0.29, 0.717) is 18.0 Å². The zero-order valence-corrected chi connectivity index (χ0v) is 16.8. The van der Waals surface area contributed by atoms with Crippen LogP contribution in [0, 0.1) is 0 Å². The average Bonchev–Trinajstić information content (AvgIpc) is 2.66. The number of carbonyl (C=O) groups excluding carboxylic acids is 2. The summed E-state index contributed by atoms with van der Waals surface area (Å²) in [6.07, 6.45) is 0.136. The van der Waals surface area contributed by atoms with Crippen molar-refractivity contribution in [3.63, 3.8) is 0 Å². The summed E-state index contributed by atoms with van der Waals surface area (Å²) in [5.74, 6) is 0.674. The Hall–Kier alpha value is -3.02. The number of likely N-dealkylation sites (N-methyl/N-ethyl adjacent to an activating group) is 1. The number of rotatable bonds is 9. The highest BCUT2D eigenvalue weighted by Crippen LogP contribution is 2.19. The topological polar surface area (TPSA) is 65.1 Å².